The van der Waals surface area contributed by atoms with E-state index < -0.39 is 0 Å². The number of unbranched alkanes of at least 4 members (excludes halogenated alkanes) is 6. The second-order valence-corrected chi connectivity index (χ2v) is 9.06. The highest BCUT2D eigenvalue weighted by atomic mass is 15.0. The first kappa shape index (κ1) is 24.7. The fraction of sp³-hybridized carbons (Fsp3) is 0.920. The first-order chi connectivity index (χ1) is 13.2. The van der Waals surface area contributed by atoms with Crippen LogP contribution in [0.3, 0.4) is 0 Å². The van der Waals surface area contributed by atoms with E-state index in [1.54, 1.807) is 0 Å². The van der Waals surface area contributed by atoms with Crippen molar-refractivity contribution in [1.29, 1.82) is 0 Å². The summed E-state index contributed by atoms with van der Waals surface area (Å²) in [4.78, 5) is 0. The molecule has 2 heterocycles. The Labute approximate surface area is 171 Å². The van der Waals surface area contributed by atoms with E-state index in [0.717, 1.165) is 24.2 Å². The van der Waals surface area contributed by atoms with Gasteiger partial charge in [0.05, 0.1) is 0 Å². The lowest BCUT2D eigenvalue weighted by Gasteiger charge is -2.27. The Hall–Kier alpha value is -0.340. The third-order valence-electron chi connectivity index (χ3n) is 6.22. The van der Waals surface area contributed by atoms with E-state index in [2.05, 4.69) is 50.5 Å². The van der Waals surface area contributed by atoms with Crippen LogP contribution in [0.15, 0.2) is 12.2 Å². The van der Waals surface area contributed by atoms with Gasteiger partial charge in [0.15, 0.2) is 0 Å². The summed E-state index contributed by atoms with van der Waals surface area (Å²) in [6.45, 7) is 9.13. The molecule has 2 nitrogen and oxygen atoms in total. The Balaban J connectivity index is 0.000000337. The van der Waals surface area contributed by atoms with Gasteiger partial charge in [-0.15, -0.1) is 0 Å². The molecule has 0 amide bonds. The van der Waals surface area contributed by atoms with Gasteiger partial charge in [0.2, 0.25) is 0 Å². The lowest BCUT2D eigenvalue weighted by molar-refractivity contribution is 0.329. The summed E-state index contributed by atoms with van der Waals surface area (Å²) in [5.74, 6) is 0. The van der Waals surface area contributed by atoms with Gasteiger partial charge in [-0.3, -0.25) is 0 Å². The molecule has 0 saturated carbocycles. The lowest BCUT2D eigenvalue weighted by atomic mass is 9.97. The van der Waals surface area contributed by atoms with Crippen LogP contribution in [-0.2, 0) is 0 Å². The predicted molar refractivity (Wildman–Crippen MR) is 123 cm³/mol. The first-order valence-electron chi connectivity index (χ1n) is 12.3. The molecule has 0 aromatic heterocycles. The minimum absolute atomic E-state index is 0.732. The molecule has 0 radical (unpaired) electrons. The van der Waals surface area contributed by atoms with Gasteiger partial charge in [0.25, 0.3) is 0 Å². The van der Waals surface area contributed by atoms with Crippen molar-refractivity contribution in [3.8, 4) is 0 Å². The highest BCUT2D eigenvalue weighted by Crippen LogP contribution is 2.15. The Kier molecular flexibility index (Phi) is 15.2. The number of nitrogens with one attached hydrogen (secondary N) is 2. The summed E-state index contributed by atoms with van der Waals surface area (Å²) in [5, 5.41) is 7.26. The van der Waals surface area contributed by atoms with E-state index in [1.165, 1.54) is 96.3 Å². The van der Waals surface area contributed by atoms with Crippen LogP contribution < -0.4 is 10.6 Å². The van der Waals surface area contributed by atoms with Crippen molar-refractivity contribution in [2.45, 2.75) is 148 Å². The highest BCUT2D eigenvalue weighted by Gasteiger charge is 2.16. The Morgan fingerprint density at radius 2 is 1.30 bits per heavy atom. The predicted octanol–water partition coefficient (Wildman–Crippen LogP) is 7.14. The summed E-state index contributed by atoms with van der Waals surface area (Å²) < 4.78 is 0. The minimum Gasteiger partial charge on any atom is -0.312 e. The summed E-state index contributed by atoms with van der Waals surface area (Å²) in [6.07, 6.45) is 25.4. The number of piperidine rings is 2. The molecule has 2 saturated heterocycles. The highest BCUT2D eigenvalue weighted by molar-refractivity contribution is 4.89. The molecule has 2 aliphatic rings. The maximum absolute atomic E-state index is 3.69. The molecule has 27 heavy (non-hydrogen) atoms. The second-order valence-electron chi connectivity index (χ2n) is 9.06. The van der Waals surface area contributed by atoms with E-state index in [-0.39, 0.29) is 0 Å². The smallest absolute Gasteiger partial charge is 0.0104 e. The van der Waals surface area contributed by atoms with Crippen LogP contribution >= 0.6 is 0 Å². The molecule has 2 aliphatic heterocycles. The number of hydrogen-bond acceptors (Lipinski definition) is 2. The van der Waals surface area contributed by atoms with Crippen molar-refractivity contribution >= 4 is 0 Å². The molecule has 4 unspecified atom stereocenters. The second kappa shape index (κ2) is 16.6. The van der Waals surface area contributed by atoms with Gasteiger partial charge in [-0.25, -0.2) is 0 Å². The maximum atomic E-state index is 3.69. The molecule has 160 valence electrons. The monoisotopic (exact) mass is 378 g/mol. The zero-order valence-electron chi connectivity index (χ0n) is 19.1. The van der Waals surface area contributed by atoms with E-state index in [1.807, 2.05) is 0 Å². The van der Waals surface area contributed by atoms with Gasteiger partial charge < -0.3 is 10.6 Å². The average Bonchev–Trinajstić information content (AvgIpc) is 2.67. The van der Waals surface area contributed by atoms with Crippen LogP contribution in [-0.4, -0.2) is 24.2 Å². The van der Waals surface area contributed by atoms with Crippen molar-refractivity contribution in [2.24, 2.45) is 0 Å². The zero-order valence-corrected chi connectivity index (χ0v) is 19.1. The molecule has 0 bridgehead atoms. The van der Waals surface area contributed by atoms with Crippen molar-refractivity contribution in [3.63, 3.8) is 0 Å². The molecule has 0 spiro atoms. The van der Waals surface area contributed by atoms with Crippen LogP contribution in [0.1, 0.15) is 124 Å². The Morgan fingerprint density at radius 3 is 1.89 bits per heavy atom. The fourth-order valence-corrected chi connectivity index (χ4v) is 4.41. The van der Waals surface area contributed by atoms with Crippen molar-refractivity contribution < 1.29 is 0 Å². The van der Waals surface area contributed by atoms with Gasteiger partial charge in [0.1, 0.15) is 0 Å². The minimum atomic E-state index is 0.732. The maximum Gasteiger partial charge on any atom is 0.0104 e. The molecule has 0 aromatic carbocycles. The van der Waals surface area contributed by atoms with E-state index in [0.29, 0.717) is 0 Å². The lowest BCUT2D eigenvalue weighted by Crippen LogP contribution is -2.40. The Bertz CT molecular complexity index is 352. The van der Waals surface area contributed by atoms with E-state index in [9.17, 15) is 0 Å². The molecular formula is C25H50N2. The van der Waals surface area contributed by atoms with Crippen LogP contribution in [0.25, 0.3) is 0 Å². The average molecular weight is 379 g/mol. The summed E-state index contributed by atoms with van der Waals surface area (Å²) >= 11 is 0. The van der Waals surface area contributed by atoms with Gasteiger partial charge in [-0.05, 0) is 65.2 Å². The van der Waals surface area contributed by atoms with E-state index >= 15 is 0 Å². The van der Waals surface area contributed by atoms with Crippen LogP contribution in [0.2, 0.25) is 0 Å². The van der Waals surface area contributed by atoms with E-state index in [4.69, 9.17) is 0 Å². The van der Waals surface area contributed by atoms with Gasteiger partial charge in [0, 0.05) is 24.2 Å². The van der Waals surface area contributed by atoms with Gasteiger partial charge >= 0.3 is 0 Å². The molecule has 2 rings (SSSR count). The normalized spacial score (nSPS) is 28.7. The molecule has 0 aromatic rings. The van der Waals surface area contributed by atoms with Crippen molar-refractivity contribution in [2.75, 3.05) is 0 Å². The van der Waals surface area contributed by atoms with Crippen molar-refractivity contribution in [3.05, 3.63) is 12.2 Å². The summed E-state index contributed by atoms with van der Waals surface area (Å²) in [5.41, 5.74) is 0. The number of hydrogen-bond donors (Lipinski definition) is 2. The molecule has 2 N–H and O–H groups in total. The molecule has 4 atom stereocenters. The molecule has 0 aliphatic carbocycles. The topological polar surface area (TPSA) is 24.1 Å². The van der Waals surface area contributed by atoms with Crippen LogP contribution in [0.5, 0.6) is 0 Å². The molecular weight excluding hydrogens is 328 g/mol. The van der Waals surface area contributed by atoms with Crippen molar-refractivity contribution in [1.82, 2.24) is 10.6 Å². The Morgan fingerprint density at radius 1 is 0.704 bits per heavy atom. The summed E-state index contributed by atoms with van der Waals surface area (Å²) in [6, 6.07) is 3.06. The van der Waals surface area contributed by atoms with Gasteiger partial charge in [-0.1, -0.05) is 70.9 Å². The quantitative estimate of drug-likeness (QED) is 0.312. The molecule has 2 heteroatoms. The largest absolute Gasteiger partial charge is 0.312 e. The third-order valence-corrected chi connectivity index (χ3v) is 6.22. The van der Waals surface area contributed by atoms with Gasteiger partial charge in [-0.2, -0.15) is 0 Å². The number of allylic oxidation sites excluding steroid dienone is 1. The standard InChI is InChI=1S/C17H33N.C8H17N/c1-3-4-5-6-7-8-9-10-11-14-17-15-12-13-16(2)18-17;1-3-8-6-4-5-7(2)9-8/h10-11,16-18H,3-9,12-15H2,1-2H3;7-9H,3-6H2,1-2H3/b11-10+;. The molecule has 2 fully saturated rings. The number of rotatable bonds is 10. The first-order valence-corrected chi connectivity index (χ1v) is 12.3. The fourth-order valence-electron chi connectivity index (χ4n) is 4.41. The third kappa shape index (κ3) is 13.5. The SMILES string of the molecule is CCC1CCCC(C)N1.CCCCCCCC/C=C/CC1CCCC(C)N1. The summed E-state index contributed by atoms with van der Waals surface area (Å²) in [7, 11) is 0. The van der Waals surface area contributed by atoms with Crippen LogP contribution in [0, 0.1) is 0 Å². The zero-order chi connectivity index (χ0) is 19.7. The van der Waals surface area contributed by atoms with Crippen LogP contribution in [0.4, 0.5) is 0 Å².